The van der Waals surface area contributed by atoms with Gasteiger partial charge in [-0.25, -0.2) is 8.42 Å². The van der Waals surface area contributed by atoms with E-state index in [9.17, 15) is 18.0 Å². The first-order valence-corrected chi connectivity index (χ1v) is 13.5. The molecule has 4 rings (SSSR count). The Labute approximate surface area is 203 Å². The molecule has 1 atom stereocenters. The number of benzene rings is 2. The lowest BCUT2D eigenvalue weighted by Crippen LogP contribution is -2.45. The van der Waals surface area contributed by atoms with E-state index in [2.05, 4.69) is 10.6 Å². The van der Waals surface area contributed by atoms with Crippen LogP contribution in [-0.4, -0.2) is 43.7 Å². The number of piperidine rings is 1. The Hall–Kier alpha value is -3.01. The minimum absolute atomic E-state index is 0.148. The van der Waals surface area contributed by atoms with Gasteiger partial charge in [-0.1, -0.05) is 48.9 Å². The molecule has 1 saturated heterocycles. The fourth-order valence-corrected chi connectivity index (χ4v) is 6.10. The SMILES string of the molecule is O=C(N[C@@H](Cc1ccccc1)C(=O)Nc1cccc(S(=O)(=O)N2CCCCC2)c1)c1cccs1. The highest BCUT2D eigenvalue weighted by Gasteiger charge is 2.27. The predicted molar refractivity (Wildman–Crippen MR) is 133 cm³/mol. The van der Waals surface area contributed by atoms with Crippen molar-refractivity contribution in [2.75, 3.05) is 18.4 Å². The zero-order valence-corrected chi connectivity index (χ0v) is 20.3. The average Bonchev–Trinajstić information content (AvgIpc) is 3.40. The van der Waals surface area contributed by atoms with E-state index in [1.165, 1.54) is 21.7 Å². The zero-order valence-electron chi connectivity index (χ0n) is 18.6. The van der Waals surface area contributed by atoms with Gasteiger partial charge in [0.1, 0.15) is 6.04 Å². The standard InChI is InChI=1S/C25H27N3O4S2/c29-24(22(17-19-9-3-1-4-10-19)27-25(30)23-13-8-16-33-23)26-20-11-7-12-21(18-20)34(31,32)28-14-5-2-6-15-28/h1,3-4,7-13,16,18,22H,2,5-6,14-15,17H2,(H,26,29)(H,27,30)/t22-/m0/s1. The Bertz CT molecular complexity index is 1220. The van der Waals surface area contributed by atoms with Crippen molar-refractivity contribution < 1.29 is 18.0 Å². The van der Waals surface area contributed by atoms with Crippen molar-refractivity contribution in [1.82, 2.24) is 9.62 Å². The van der Waals surface area contributed by atoms with E-state index in [-0.39, 0.29) is 10.8 Å². The van der Waals surface area contributed by atoms with Gasteiger partial charge in [-0.05, 0) is 48.1 Å². The van der Waals surface area contributed by atoms with Crippen LogP contribution in [0.1, 0.15) is 34.5 Å². The number of thiophene rings is 1. The van der Waals surface area contributed by atoms with Crippen LogP contribution in [0.15, 0.2) is 77.0 Å². The Morgan fingerprint density at radius 2 is 1.71 bits per heavy atom. The van der Waals surface area contributed by atoms with Crippen molar-refractivity contribution in [3.05, 3.63) is 82.6 Å². The van der Waals surface area contributed by atoms with Gasteiger partial charge in [-0.3, -0.25) is 9.59 Å². The molecule has 34 heavy (non-hydrogen) atoms. The van der Waals surface area contributed by atoms with Crippen LogP contribution in [0.3, 0.4) is 0 Å². The molecule has 2 heterocycles. The zero-order chi connectivity index (χ0) is 24.0. The largest absolute Gasteiger partial charge is 0.339 e. The Balaban J connectivity index is 1.52. The van der Waals surface area contributed by atoms with Gasteiger partial charge in [-0.2, -0.15) is 4.31 Å². The van der Waals surface area contributed by atoms with Crippen LogP contribution in [0, 0.1) is 0 Å². The van der Waals surface area contributed by atoms with E-state index in [1.807, 2.05) is 30.3 Å². The molecule has 3 aromatic rings. The molecule has 0 saturated carbocycles. The molecule has 1 aliphatic heterocycles. The summed E-state index contributed by atoms with van der Waals surface area (Å²) >= 11 is 1.30. The first kappa shape index (κ1) is 24.1. The molecule has 0 radical (unpaired) electrons. The van der Waals surface area contributed by atoms with Crippen LogP contribution in [0.4, 0.5) is 5.69 Å². The van der Waals surface area contributed by atoms with Crippen molar-refractivity contribution >= 4 is 38.9 Å². The molecule has 1 aromatic heterocycles. The Kier molecular flexibility index (Phi) is 7.77. The molecule has 0 unspecified atom stereocenters. The summed E-state index contributed by atoms with van der Waals surface area (Å²) in [5.74, 6) is -0.742. The molecular formula is C25H27N3O4S2. The van der Waals surface area contributed by atoms with Gasteiger partial charge in [-0.15, -0.1) is 11.3 Å². The maximum Gasteiger partial charge on any atom is 0.262 e. The second-order valence-electron chi connectivity index (χ2n) is 8.17. The third kappa shape index (κ3) is 5.91. The lowest BCUT2D eigenvalue weighted by Gasteiger charge is -2.26. The first-order valence-electron chi connectivity index (χ1n) is 11.2. The molecule has 2 N–H and O–H groups in total. The maximum absolute atomic E-state index is 13.2. The number of carbonyl (C=O) groups excluding carboxylic acids is 2. The van der Waals surface area contributed by atoms with E-state index in [1.54, 1.807) is 35.7 Å². The van der Waals surface area contributed by atoms with Crippen molar-refractivity contribution in [2.45, 2.75) is 36.6 Å². The molecule has 178 valence electrons. The lowest BCUT2D eigenvalue weighted by molar-refractivity contribution is -0.118. The minimum Gasteiger partial charge on any atom is -0.339 e. The fraction of sp³-hybridized carbons (Fsp3) is 0.280. The van der Waals surface area contributed by atoms with Gasteiger partial charge in [0.2, 0.25) is 15.9 Å². The van der Waals surface area contributed by atoms with Gasteiger partial charge in [0, 0.05) is 25.2 Å². The molecule has 2 aromatic carbocycles. The summed E-state index contributed by atoms with van der Waals surface area (Å²) < 4.78 is 27.6. The molecule has 2 amide bonds. The summed E-state index contributed by atoms with van der Waals surface area (Å²) in [6.07, 6.45) is 3.03. The molecule has 0 spiro atoms. The quantitative estimate of drug-likeness (QED) is 0.493. The second-order valence-corrected chi connectivity index (χ2v) is 11.1. The number of hydrogen-bond donors (Lipinski definition) is 2. The Morgan fingerprint density at radius 1 is 0.941 bits per heavy atom. The lowest BCUT2D eigenvalue weighted by atomic mass is 10.0. The summed E-state index contributed by atoms with van der Waals surface area (Å²) in [7, 11) is -3.62. The van der Waals surface area contributed by atoms with Crippen molar-refractivity contribution in [2.24, 2.45) is 0 Å². The highest BCUT2D eigenvalue weighted by molar-refractivity contribution is 7.89. The van der Waals surface area contributed by atoms with Gasteiger partial charge in [0.15, 0.2) is 0 Å². The molecule has 7 nitrogen and oxygen atoms in total. The monoisotopic (exact) mass is 497 g/mol. The van der Waals surface area contributed by atoms with Crippen LogP contribution < -0.4 is 10.6 Å². The van der Waals surface area contributed by atoms with Crippen LogP contribution in [-0.2, 0) is 21.2 Å². The number of rotatable bonds is 8. The molecule has 0 bridgehead atoms. The number of carbonyl (C=O) groups is 2. The minimum atomic E-state index is -3.62. The summed E-state index contributed by atoms with van der Waals surface area (Å²) in [6, 6.07) is 18.3. The van der Waals surface area contributed by atoms with E-state index >= 15 is 0 Å². The van der Waals surface area contributed by atoms with Crippen molar-refractivity contribution in [1.29, 1.82) is 0 Å². The van der Waals surface area contributed by atoms with E-state index in [0.717, 1.165) is 24.8 Å². The predicted octanol–water partition coefficient (Wildman–Crippen LogP) is 3.90. The van der Waals surface area contributed by atoms with Crippen molar-refractivity contribution in [3.8, 4) is 0 Å². The van der Waals surface area contributed by atoms with Crippen LogP contribution >= 0.6 is 11.3 Å². The third-order valence-corrected chi connectivity index (χ3v) is 8.47. The first-order chi connectivity index (χ1) is 16.4. The molecule has 1 aliphatic rings. The highest BCUT2D eigenvalue weighted by atomic mass is 32.2. The maximum atomic E-state index is 13.2. The van der Waals surface area contributed by atoms with Gasteiger partial charge >= 0.3 is 0 Å². The number of nitrogens with one attached hydrogen (secondary N) is 2. The summed E-state index contributed by atoms with van der Waals surface area (Å²) in [5, 5.41) is 7.41. The summed E-state index contributed by atoms with van der Waals surface area (Å²) in [4.78, 5) is 26.5. The number of hydrogen-bond acceptors (Lipinski definition) is 5. The van der Waals surface area contributed by atoms with Gasteiger partial charge in [0.25, 0.3) is 5.91 Å². The normalized spacial score (nSPS) is 15.4. The van der Waals surface area contributed by atoms with Gasteiger partial charge < -0.3 is 10.6 Å². The molecular weight excluding hydrogens is 470 g/mol. The van der Waals surface area contributed by atoms with Gasteiger partial charge in [0.05, 0.1) is 9.77 Å². The van der Waals surface area contributed by atoms with E-state index < -0.39 is 22.0 Å². The smallest absolute Gasteiger partial charge is 0.262 e. The van der Waals surface area contributed by atoms with Crippen LogP contribution in [0.25, 0.3) is 0 Å². The van der Waals surface area contributed by atoms with Crippen molar-refractivity contribution in [3.63, 3.8) is 0 Å². The van der Waals surface area contributed by atoms with Crippen LogP contribution in [0.2, 0.25) is 0 Å². The number of sulfonamides is 1. The molecule has 1 fully saturated rings. The third-order valence-electron chi connectivity index (χ3n) is 5.70. The fourth-order valence-electron chi connectivity index (χ4n) is 3.91. The highest BCUT2D eigenvalue weighted by Crippen LogP contribution is 2.23. The number of amides is 2. The molecule has 9 heteroatoms. The summed E-state index contributed by atoms with van der Waals surface area (Å²) in [6.45, 7) is 1.01. The van der Waals surface area contributed by atoms with E-state index in [4.69, 9.17) is 0 Å². The average molecular weight is 498 g/mol. The van der Waals surface area contributed by atoms with E-state index in [0.29, 0.717) is 30.1 Å². The Morgan fingerprint density at radius 3 is 2.41 bits per heavy atom. The topological polar surface area (TPSA) is 95.6 Å². The molecule has 0 aliphatic carbocycles. The van der Waals surface area contributed by atoms with Crippen LogP contribution in [0.5, 0.6) is 0 Å². The summed E-state index contributed by atoms with van der Waals surface area (Å²) in [5.41, 5.74) is 1.27. The number of anilines is 1. The number of nitrogens with zero attached hydrogens (tertiary/aromatic N) is 1. The second kappa shape index (κ2) is 10.9.